The van der Waals surface area contributed by atoms with Gasteiger partial charge in [0.2, 0.25) is 0 Å². The van der Waals surface area contributed by atoms with Gasteiger partial charge in [0.15, 0.2) is 0 Å². The molecular formula is C19H26N2. The fourth-order valence-electron chi connectivity index (χ4n) is 3.74. The number of hydrogen-bond acceptors (Lipinski definition) is 2. The third-order valence-electron chi connectivity index (χ3n) is 4.82. The van der Waals surface area contributed by atoms with Crippen molar-refractivity contribution in [3.8, 4) is 0 Å². The van der Waals surface area contributed by atoms with Crippen LogP contribution in [0.2, 0.25) is 0 Å². The molecule has 1 aliphatic rings. The van der Waals surface area contributed by atoms with Crippen molar-refractivity contribution in [2.75, 3.05) is 6.54 Å². The van der Waals surface area contributed by atoms with Crippen molar-refractivity contribution >= 4 is 10.8 Å². The fraction of sp³-hybridized carbons (Fsp3) is 0.526. The molecule has 1 unspecified atom stereocenters. The van der Waals surface area contributed by atoms with E-state index in [2.05, 4.69) is 47.7 Å². The van der Waals surface area contributed by atoms with Gasteiger partial charge in [-0.05, 0) is 29.8 Å². The van der Waals surface area contributed by atoms with E-state index in [1.165, 1.54) is 54.9 Å². The molecule has 21 heavy (non-hydrogen) atoms. The molecule has 1 atom stereocenters. The van der Waals surface area contributed by atoms with Crippen LogP contribution < -0.4 is 5.32 Å². The molecule has 112 valence electrons. The molecule has 1 fully saturated rings. The van der Waals surface area contributed by atoms with Crippen molar-refractivity contribution in [3.63, 3.8) is 0 Å². The summed E-state index contributed by atoms with van der Waals surface area (Å²) in [5.41, 5.74) is 1.38. The summed E-state index contributed by atoms with van der Waals surface area (Å²) in [6.07, 6.45) is 12.4. The lowest BCUT2D eigenvalue weighted by Crippen LogP contribution is -2.24. The Balaban J connectivity index is 1.87. The molecule has 2 heteroatoms. The first-order valence-electron chi connectivity index (χ1n) is 8.44. The number of pyridine rings is 1. The smallest absolute Gasteiger partial charge is 0.0346 e. The lowest BCUT2D eigenvalue weighted by Gasteiger charge is -2.27. The average Bonchev–Trinajstić information content (AvgIpc) is 2.55. The molecule has 3 rings (SSSR count). The Bertz CT molecular complexity index is 567. The van der Waals surface area contributed by atoms with Crippen LogP contribution in [-0.2, 0) is 0 Å². The van der Waals surface area contributed by atoms with Crippen LogP contribution in [0.5, 0.6) is 0 Å². The third-order valence-corrected chi connectivity index (χ3v) is 4.82. The van der Waals surface area contributed by atoms with Crippen LogP contribution in [0.25, 0.3) is 10.8 Å². The standard InChI is InChI=1S/C19H26N2/c1-2-21-19(12-15-8-4-3-5-9-15)18-14-20-13-16-10-6-7-11-17(16)18/h6-7,10-11,13-15,19,21H,2-5,8-9,12H2,1H3. The van der Waals surface area contributed by atoms with Crippen molar-refractivity contribution in [1.29, 1.82) is 0 Å². The first-order valence-corrected chi connectivity index (χ1v) is 8.44. The van der Waals surface area contributed by atoms with E-state index >= 15 is 0 Å². The van der Waals surface area contributed by atoms with Crippen molar-refractivity contribution in [2.24, 2.45) is 5.92 Å². The molecule has 1 N–H and O–H groups in total. The maximum atomic E-state index is 4.47. The first-order chi connectivity index (χ1) is 10.4. The lowest BCUT2D eigenvalue weighted by molar-refractivity contribution is 0.302. The van der Waals surface area contributed by atoms with Gasteiger partial charge in [0, 0.05) is 23.8 Å². The number of hydrogen-bond donors (Lipinski definition) is 1. The predicted molar refractivity (Wildman–Crippen MR) is 89.4 cm³/mol. The van der Waals surface area contributed by atoms with E-state index in [0.717, 1.165) is 12.5 Å². The molecule has 2 aromatic rings. The minimum absolute atomic E-state index is 0.441. The summed E-state index contributed by atoms with van der Waals surface area (Å²) in [7, 11) is 0. The molecule has 1 aliphatic carbocycles. The Morgan fingerprint density at radius 3 is 2.76 bits per heavy atom. The van der Waals surface area contributed by atoms with Gasteiger partial charge in [-0.1, -0.05) is 63.3 Å². The quantitative estimate of drug-likeness (QED) is 0.847. The van der Waals surface area contributed by atoms with Gasteiger partial charge in [0.25, 0.3) is 0 Å². The van der Waals surface area contributed by atoms with Gasteiger partial charge in [0.1, 0.15) is 0 Å². The Hall–Kier alpha value is -1.41. The number of benzene rings is 1. The van der Waals surface area contributed by atoms with Gasteiger partial charge in [0.05, 0.1) is 0 Å². The number of nitrogens with zero attached hydrogens (tertiary/aromatic N) is 1. The maximum Gasteiger partial charge on any atom is 0.0346 e. The molecule has 0 radical (unpaired) electrons. The molecule has 1 saturated carbocycles. The Kier molecular flexibility index (Phi) is 4.87. The Morgan fingerprint density at radius 1 is 1.14 bits per heavy atom. The van der Waals surface area contributed by atoms with E-state index in [9.17, 15) is 0 Å². The number of aromatic nitrogens is 1. The monoisotopic (exact) mass is 282 g/mol. The number of nitrogens with one attached hydrogen (secondary N) is 1. The van der Waals surface area contributed by atoms with Crippen LogP contribution >= 0.6 is 0 Å². The van der Waals surface area contributed by atoms with Crippen molar-refractivity contribution < 1.29 is 0 Å². The number of fused-ring (bicyclic) bond motifs is 1. The van der Waals surface area contributed by atoms with E-state index in [-0.39, 0.29) is 0 Å². The largest absolute Gasteiger partial charge is 0.310 e. The summed E-state index contributed by atoms with van der Waals surface area (Å²) < 4.78 is 0. The molecule has 0 bridgehead atoms. The second kappa shape index (κ2) is 7.04. The second-order valence-electron chi connectivity index (χ2n) is 6.30. The van der Waals surface area contributed by atoms with Gasteiger partial charge in [-0.15, -0.1) is 0 Å². The minimum Gasteiger partial charge on any atom is -0.310 e. The Labute approximate surface area is 128 Å². The van der Waals surface area contributed by atoms with Crippen molar-refractivity contribution in [1.82, 2.24) is 10.3 Å². The SMILES string of the molecule is CCNC(CC1CCCCC1)c1cncc2ccccc12. The highest BCUT2D eigenvalue weighted by atomic mass is 14.9. The van der Waals surface area contributed by atoms with Gasteiger partial charge in [-0.3, -0.25) is 4.98 Å². The fourth-order valence-corrected chi connectivity index (χ4v) is 3.74. The molecule has 0 saturated heterocycles. The van der Waals surface area contributed by atoms with E-state index in [1.807, 2.05) is 6.20 Å². The molecular weight excluding hydrogens is 256 g/mol. The molecule has 2 nitrogen and oxygen atoms in total. The zero-order valence-corrected chi connectivity index (χ0v) is 13.0. The molecule has 1 heterocycles. The van der Waals surface area contributed by atoms with Crippen LogP contribution in [-0.4, -0.2) is 11.5 Å². The van der Waals surface area contributed by atoms with E-state index < -0.39 is 0 Å². The molecule has 1 aromatic carbocycles. The summed E-state index contributed by atoms with van der Waals surface area (Å²) in [5, 5.41) is 6.31. The minimum atomic E-state index is 0.441. The van der Waals surface area contributed by atoms with Crippen LogP contribution in [0.1, 0.15) is 57.1 Å². The van der Waals surface area contributed by atoms with Crippen LogP contribution in [0.15, 0.2) is 36.7 Å². The topological polar surface area (TPSA) is 24.9 Å². The van der Waals surface area contributed by atoms with Crippen molar-refractivity contribution in [3.05, 3.63) is 42.2 Å². The Morgan fingerprint density at radius 2 is 1.95 bits per heavy atom. The maximum absolute atomic E-state index is 4.47. The highest BCUT2D eigenvalue weighted by molar-refractivity contribution is 5.85. The van der Waals surface area contributed by atoms with Gasteiger partial charge >= 0.3 is 0 Å². The molecule has 1 aromatic heterocycles. The zero-order valence-electron chi connectivity index (χ0n) is 13.0. The van der Waals surface area contributed by atoms with Gasteiger partial charge < -0.3 is 5.32 Å². The first kappa shape index (κ1) is 14.5. The molecule has 0 amide bonds. The van der Waals surface area contributed by atoms with Gasteiger partial charge in [-0.2, -0.15) is 0 Å². The van der Waals surface area contributed by atoms with Crippen LogP contribution in [0.4, 0.5) is 0 Å². The summed E-state index contributed by atoms with van der Waals surface area (Å²) in [6.45, 7) is 3.22. The summed E-state index contributed by atoms with van der Waals surface area (Å²) in [4.78, 5) is 4.47. The summed E-state index contributed by atoms with van der Waals surface area (Å²) in [5.74, 6) is 0.877. The molecule has 0 aliphatic heterocycles. The summed E-state index contributed by atoms with van der Waals surface area (Å²) >= 11 is 0. The van der Waals surface area contributed by atoms with Crippen molar-refractivity contribution in [2.45, 2.75) is 51.5 Å². The lowest BCUT2D eigenvalue weighted by atomic mass is 9.83. The second-order valence-corrected chi connectivity index (χ2v) is 6.30. The third kappa shape index (κ3) is 3.44. The highest BCUT2D eigenvalue weighted by Gasteiger charge is 2.21. The summed E-state index contributed by atoms with van der Waals surface area (Å²) in [6, 6.07) is 9.07. The van der Waals surface area contributed by atoms with E-state index in [1.54, 1.807) is 0 Å². The van der Waals surface area contributed by atoms with Crippen LogP contribution in [0, 0.1) is 5.92 Å². The highest BCUT2D eigenvalue weighted by Crippen LogP contribution is 2.33. The van der Waals surface area contributed by atoms with Gasteiger partial charge in [-0.25, -0.2) is 0 Å². The number of rotatable bonds is 5. The van der Waals surface area contributed by atoms with Crippen LogP contribution in [0.3, 0.4) is 0 Å². The zero-order chi connectivity index (χ0) is 14.5. The molecule has 0 spiro atoms. The van der Waals surface area contributed by atoms with E-state index in [4.69, 9.17) is 0 Å². The normalized spacial score (nSPS) is 18.0. The van der Waals surface area contributed by atoms with E-state index in [0.29, 0.717) is 6.04 Å². The average molecular weight is 282 g/mol. The predicted octanol–water partition coefficient (Wildman–Crippen LogP) is 4.86.